The minimum atomic E-state index is 0.148. The molecule has 1 aliphatic heterocycles. The zero-order chi connectivity index (χ0) is 15.0. The number of likely N-dealkylation sites (tertiary alicyclic amines) is 1. The molecular weight excluding hydrogens is 284 g/mol. The highest BCUT2D eigenvalue weighted by molar-refractivity contribution is 6.30. The monoisotopic (exact) mass is 306 g/mol. The first-order valence-corrected chi connectivity index (χ1v) is 8.24. The van der Waals surface area contributed by atoms with E-state index in [1.165, 1.54) is 5.56 Å². The average Bonchev–Trinajstić information content (AvgIpc) is 3.27. The van der Waals surface area contributed by atoms with E-state index in [1.807, 2.05) is 30.0 Å². The van der Waals surface area contributed by atoms with Gasteiger partial charge in [-0.15, -0.1) is 0 Å². The van der Waals surface area contributed by atoms with Crippen LogP contribution in [0.2, 0.25) is 5.02 Å². The van der Waals surface area contributed by atoms with Crippen molar-refractivity contribution in [3.8, 4) is 0 Å². The first kappa shape index (κ1) is 14.9. The summed E-state index contributed by atoms with van der Waals surface area (Å²) in [6.07, 6.45) is 3.18. The van der Waals surface area contributed by atoms with Crippen molar-refractivity contribution >= 4 is 17.5 Å². The van der Waals surface area contributed by atoms with Crippen LogP contribution in [0, 0.1) is 11.8 Å². The molecule has 1 aliphatic carbocycles. The highest BCUT2D eigenvalue weighted by Crippen LogP contribution is 2.49. The van der Waals surface area contributed by atoms with Crippen molar-refractivity contribution in [1.82, 2.24) is 4.90 Å². The van der Waals surface area contributed by atoms with Gasteiger partial charge in [0, 0.05) is 30.1 Å². The largest absolute Gasteiger partial charge is 0.342 e. The number of rotatable bonds is 3. The number of piperidine rings is 1. The van der Waals surface area contributed by atoms with Gasteiger partial charge in [0.05, 0.1) is 0 Å². The van der Waals surface area contributed by atoms with Crippen molar-refractivity contribution in [2.24, 2.45) is 17.6 Å². The third kappa shape index (κ3) is 3.24. The van der Waals surface area contributed by atoms with E-state index >= 15 is 0 Å². The van der Waals surface area contributed by atoms with E-state index < -0.39 is 0 Å². The quantitative estimate of drug-likeness (QED) is 0.933. The second-order valence-corrected chi connectivity index (χ2v) is 6.99. The van der Waals surface area contributed by atoms with Gasteiger partial charge in [-0.3, -0.25) is 4.79 Å². The minimum Gasteiger partial charge on any atom is -0.342 e. The second kappa shape index (κ2) is 5.98. The van der Waals surface area contributed by atoms with Crippen molar-refractivity contribution in [2.75, 3.05) is 13.1 Å². The van der Waals surface area contributed by atoms with Crippen LogP contribution >= 0.6 is 11.6 Å². The lowest BCUT2D eigenvalue weighted by Gasteiger charge is -2.34. The Morgan fingerprint density at radius 1 is 1.48 bits per heavy atom. The Kier molecular flexibility index (Phi) is 4.23. The molecule has 2 fully saturated rings. The molecule has 0 spiro atoms. The number of amides is 1. The SMILES string of the molecule is C[C@H](N)[C@@H]1CCCN(C(=O)[C@H]2C[C@@H]2c2cccc(Cl)c2)C1. The fourth-order valence-corrected chi connectivity index (χ4v) is 3.65. The molecule has 4 atom stereocenters. The molecule has 21 heavy (non-hydrogen) atoms. The van der Waals surface area contributed by atoms with Crippen LogP contribution < -0.4 is 5.73 Å². The molecule has 4 heteroatoms. The Morgan fingerprint density at radius 2 is 2.29 bits per heavy atom. The third-order valence-corrected chi connectivity index (χ3v) is 5.13. The molecule has 0 radical (unpaired) electrons. The van der Waals surface area contributed by atoms with Gasteiger partial charge in [0.15, 0.2) is 0 Å². The van der Waals surface area contributed by atoms with Gasteiger partial charge in [-0.2, -0.15) is 0 Å². The van der Waals surface area contributed by atoms with E-state index in [0.717, 1.165) is 37.4 Å². The molecule has 1 saturated heterocycles. The minimum absolute atomic E-state index is 0.148. The molecule has 1 amide bonds. The summed E-state index contributed by atoms with van der Waals surface area (Å²) in [7, 11) is 0. The summed E-state index contributed by atoms with van der Waals surface area (Å²) in [5, 5.41) is 0.751. The Hall–Kier alpha value is -1.06. The summed E-state index contributed by atoms with van der Waals surface area (Å²) in [6.45, 7) is 3.76. The van der Waals surface area contributed by atoms with Crippen molar-refractivity contribution < 1.29 is 4.79 Å². The van der Waals surface area contributed by atoms with Crippen molar-refractivity contribution in [1.29, 1.82) is 0 Å². The smallest absolute Gasteiger partial charge is 0.226 e. The number of hydrogen-bond donors (Lipinski definition) is 1. The number of carbonyl (C=O) groups excluding carboxylic acids is 1. The van der Waals surface area contributed by atoms with Gasteiger partial charge >= 0.3 is 0 Å². The first-order chi connectivity index (χ1) is 10.1. The average molecular weight is 307 g/mol. The first-order valence-electron chi connectivity index (χ1n) is 7.86. The van der Waals surface area contributed by atoms with E-state index in [9.17, 15) is 4.79 Å². The number of nitrogens with two attached hydrogens (primary N) is 1. The van der Waals surface area contributed by atoms with Crippen molar-refractivity contribution in [3.63, 3.8) is 0 Å². The summed E-state index contributed by atoms with van der Waals surface area (Å²) in [5.41, 5.74) is 7.20. The topological polar surface area (TPSA) is 46.3 Å². The molecule has 3 rings (SSSR count). The van der Waals surface area contributed by atoms with Crippen LogP contribution in [0.1, 0.15) is 37.7 Å². The van der Waals surface area contributed by atoms with Crippen LogP contribution in [-0.4, -0.2) is 29.9 Å². The molecular formula is C17H23ClN2O. The Labute approximate surface area is 131 Å². The van der Waals surface area contributed by atoms with Gasteiger partial charge in [-0.25, -0.2) is 0 Å². The van der Waals surface area contributed by atoms with Gasteiger partial charge in [-0.1, -0.05) is 23.7 Å². The van der Waals surface area contributed by atoms with Crippen LogP contribution in [0.4, 0.5) is 0 Å². The summed E-state index contributed by atoms with van der Waals surface area (Å²) in [6, 6.07) is 8.07. The summed E-state index contributed by atoms with van der Waals surface area (Å²) < 4.78 is 0. The van der Waals surface area contributed by atoms with E-state index in [0.29, 0.717) is 17.7 Å². The van der Waals surface area contributed by atoms with Gasteiger partial charge < -0.3 is 10.6 Å². The van der Waals surface area contributed by atoms with E-state index in [2.05, 4.69) is 6.07 Å². The predicted octanol–water partition coefficient (Wildman–Crippen LogP) is 3.03. The van der Waals surface area contributed by atoms with Crippen LogP contribution in [0.5, 0.6) is 0 Å². The van der Waals surface area contributed by atoms with Gasteiger partial charge in [-0.05, 0) is 55.7 Å². The van der Waals surface area contributed by atoms with Crippen LogP contribution in [0.3, 0.4) is 0 Å². The van der Waals surface area contributed by atoms with Crippen molar-refractivity contribution in [2.45, 2.75) is 38.1 Å². The molecule has 1 aromatic rings. The summed E-state index contributed by atoms with van der Waals surface area (Å²) >= 11 is 6.04. The zero-order valence-corrected chi connectivity index (χ0v) is 13.2. The number of halogens is 1. The molecule has 0 aromatic heterocycles. The zero-order valence-electron chi connectivity index (χ0n) is 12.5. The van der Waals surface area contributed by atoms with Gasteiger partial charge in [0.1, 0.15) is 0 Å². The van der Waals surface area contributed by atoms with Crippen LogP contribution in [0.15, 0.2) is 24.3 Å². The number of carbonyl (C=O) groups is 1. The third-order valence-electron chi connectivity index (χ3n) is 4.90. The summed E-state index contributed by atoms with van der Waals surface area (Å²) in [4.78, 5) is 14.7. The maximum absolute atomic E-state index is 12.6. The molecule has 0 bridgehead atoms. The van der Waals surface area contributed by atoms with Gasteiger partial charge in [0.2, 0.25) is 5.91 Å². The number of benzene rings is 1. The maximum Gasteiger partial charge on any atom is 0.226 e. The Bertz CT molecular complexity index is 531. The molecule has 1 saturated carbocycles. The van der Waals surface area contributed by atoms with Crippen molar-refractivity contribution in [3.05, 3.63) is 34.9 Å². The molecule has 2 N–H and O–H groups in total. The maximum atomic E-state index is 12.6. The Balaban J connectivity index is 1.62. The fraction of sp³-hybridized carbons (Fsp3) is 0.588. The van der Waals surface area contributed by atoms with E-state index in [-0.39, 0.29) is 12.0 Å². The number of hydrogen-bond acceptors (Lipinski definition) is 2. The van der Waals surface area contributed by atoms with Crippen LogP contribution in [0.25, 0.3) is 0 Å². The normalized spacial score (nSPS) is 30.0. The lowest BCUT2D eigenvalue weighted by molar-refractivity contribution is -0.134. The lowest BCUT2D eigenvalue weighted by atomic mass is 9.92. The molecule has 1 aromatic carbocycles. The molecule has 114 valence electrons. The molecule has 1 heterocycles. The molecule has 3 nitrogen and oxygen atoms in total. The molecule has 0 unspecified atom stereocenters. The highest BCUT2D eigenvalue weighted by Gasteiger charge is 2.46. The van der Waals surface area contributed by atoms with Crippen LogP contribution in [-0.2, 0) is 4.79 Å². The number of nitrogens with zero attached hydrogens (tertiary/aromatic N) is 1. The summed E-state index contributed by atoms with van der Waals surface area (Å²) in [5.74, 6) is 1.26. The second-order valence-electron chi connectivity index (χ2n) is 6.55. The standard InChI is InChI=1S/C17H23ClN2O/c1-11(19)13-5-3-7-20(10-13)17(21)16-9-15(16)12-4-2-6-14(18)8-12/h2,4,6,8,11,13,15-16H,3,5,7,9-10,19H2,1H3/t11-,13+,15+,16-/m0/s1. The van der Waals surface area contributed by atoms with E-state index in [1.54, 1.807) is 0 Å². The molecule has 2 aliphatic rings. The lowest BCUT2D eigenvalue weighted by Crippen LogP contribution is -2.45. The Morgan fingerprint density at radius 3 is 3.00 bits per heavy atom. The highest BCUT2D eigenvalue weighted by atomic mass is 35.5. The predicted molar refractivity (Wildman–Crippen MR) is 85.3 cm³/mol. The van der Waals surface area contributed by atoms with Gasteiger partial charge in [0.25, 0.3) is 0 Å². The van der Waals surface area contributed by atoms with E-state index in [4.69, 9.17) is 17.3 Å². The fourth-order valence-electron chi connectivity index (χ4n) is 3.45.